The molecule has 2 N–H and O–H groups in total. The van der Waals surface area contributed by atoms with E-state index < -0.39 is 5.06 Å². The highest BCUT2D eigenvalue weighted by atomic mass is 35.5. The molecule has 0 spiro atoms. The minimum absolute atomic E-state index is 0.198. The number of alkyl halides is 1. The number of hydrogen-bond acceptors (Lipinski definition) is 2. The van der Waals surface area contributed by atoms with Gasteiger partial charge in [-0.3, -0.25) is 0 Å². The van der Waals surface area contributed by atoms with Gasteiger partial charge in [-0.1, -0.05) is 41.9 Å². The van der Waals surface area contributed by atoms with Crippen molar-refractivity contribution in [3.63, 3.8) is 0 Å². The fourth-order valence-electron chi connectivity index (χ4n) is 1.11. The van der Waals surface area contributed by atoms with E-state index in [1.54, 1.807) is 19.2 Å². The lowest BCUT2D eigenvalue weighted by Crippen LogP contribution is -2.40. The smallest absolute Gasteiger partial charge is 0.179 e. The van der Waals surface area contributed by atoms with E-state index >= 15 is 0 Å². The van der Waals surface area contributed by atoms with Crippen LogP contribution in [0.5, 0.6) is 0 Å². The van der Waals surface area contributed by atoms with Crippen LogP contribution in [0.1, 0.15) is 12.5 Å². The zero-order valence-electron chi connectivity index (χ0n) is 7.79. The summed E-state index contributed by atoms with van der Waals surface area (Å²) in [5.41, 5.74) is 0.707. The summed E-state index contributed by atoms with van der Waals surface area (Å²) in [7, 11) is 1.76. The third-order valence-electron chi connectivity index (χ3n) is 2.19. The van der Waals surface area contributed by atoms with Gasteiger partial charge in [0.15, 0.2) is 5.06 Å². The van der Waals surface area contributed by atoms with Gasteiger partial charge in [0.1, 0.15) is 0 Å². The fraction of sp³-hybridized carbons (Fsp3) is 0.400. The maximum absolute atomic E-state index is 9.96. The first-order chi connectivity index (χ1) is 6.09. The molecule has 0 saturated heterocycles. The second-order valence-electron chi connectivity index (χ2n) is 3.05. The summed E-state index contributed by atoms with van der Waals surface area (Å²) >= 11 is 6.01. The Balaban J connectivity index is 2.93. The van der Waals surface area contributed by atoms with Gasteiger partial charge in [0.25, 0.3) is 0 Å². The maximum Gasteiger partial charge on any atom is 0.179 e. The summed E-state index contributed by atoms with van der Waals surface area (Å²) in [6, 6.07) is 9.01. The molecule has 0 aromatic heterocycles. The Hall–Kier alpha value is -0.570. The standard InChI is InChI=1S/C10H14ClNO/c1-8(12-2)10(11,13)9-6-4-3-5-7-9/h3-8,12-13H,1-2H3. The second kappa shape index (κ2) is 4.09. The fourth-order valence-corrected chi connectivity index (χ4v) is 1.35. The zero-order chi connectivity index (χ0) is 9.90. The van der Waals surface area contributed by atoms with Crippen LogP contribution in [0.2, 0.25) is 0 Å². The Morgan fingerprint density at radius 3 is 2.38 bits per heavy atom. The van der Waals surface area contributed by atoms with Gasteiger partial charge >= 0.3 is 0 Å². The molecule has 1 aromatic carbocycles. The Bertz CT molecular complexity index is 261. The van der Waals surface area contributed by atoms with Crippen molar-refractivity contribution in [2.24, 2.45) is 0 Å². The van der Waals surface area contributed by atoms with Crippen molar-refractivity contribution >= 4 is 11.6 Å². The topological polar surface area (TPSA) is 32.3 Å². The number of nitrogens with one attached hydrogen (secondary N) is 1. The van der Waals surface area contributed by atoms with Crippen LogP contribution in [0.15, 0.2) is 30.3 Å². The van der Waals surface area contributed by atoms with Crippen LogP contribution in [0.3, 0.4) is 0 Å². The number of hydrogen-bond donors (Lipinski definition) is 2. The molecule has 0 fully saturated rings. The zero-order valence-corrected chi connectivity index (χ0v) is 8.55. The molecular weight excluding hydrogens is 186 g/mol. The molecule has 2 atom stereocenters. The highest BCUT2D eigenvalue weighted by Crippen LogP contribution is 2.28. The van der Waals surface area contributed by atoms with Crippen LogP contribution in [0, 0.1) is 0 Å². The van der Waals surface area contributed by atoms with Gasteiger partial charge in [-0.15, -0.1) is 0 Å². The average molecular weight is 200 g/mol. The third kappa shape index (κ3) is 2.21. The highest BCUT2D eigenvalue weighted by Gasteiger charge is 2.31. The van der Waals surface area contributed by atoms with Crippen LogP contribution >= 0.6 is 11.6 Å². The van der Waals surface area contributed by atoms with E-state index in [4.69, 9.17) is 11.6 Å². The number of likely N-dealkylation sites (N-methyl/N-ethyl adjacent to an activating group) is 1. The predicted molar refractivity (Wildman–Crippen MR) is 54.7 cm³/mol. The summed E-state index contributed by atoms with van der Waals surface area (Å²) in [5, 5.41) is 11.5. The van der Waals surface area contributed by atoms with Crippen molar-refractivity contribution in [2.45, 2.75) is 18.0 Å². The Morgan fingerprint density at radius 2 is 1.92 bits per heavy atom. The summed E-state index contributed by atoms with van der Waals surface area (Å²) in [6.07, 6.45) is 0. The van der Waals surface area contributed by atoms with Gasteiger partial charge < -0.3 is 10.4 Å². The van der Waals surface area contributed by atoms with E-state index in [1.165, 1.54) is 0 Å². The number of benzene rings is 1. The lowest BCUT2D eigenvalue weighted by molar-refractivity contribution is 0.0921. The molecule has 13 heavy (non-hydrogen) atoms. The molecule has 0 amide bonds. The van der Waals surface area contributed by atoms with Crippen LogP contribution in [-0.4, -0.2) is 18.2 Å². The molecule has 0 aliphatic carbocycles. The molecule has 1 aromatic rings. The van der Waals surface area contributed by atoms with E-state index in [9.17, 15) is 5.11 Å². The van der Waals surface area contributed by atoms with Gasteiger partial charge in [-0.05, 0) is 14.0 Å². The van der Waals surface area contributed by atoms with Crippen molar-refractivity contribution in [1.29, 1.82) is 0 Å². The minimum atomic E-state index is -1.34. The van der Waals surface area contributed by atoms with Crippen LogP contribution in [-0.2, 0) is 5.06 Å². The van der Waals surface area contributed by atoms with E-state index in [0.29, 0.717) is 5.56 Å². The molecule has 2 unspecified atom stereocenters. The number of aliphatic hydroxyl groups is 1. The van der Waals surface area contributed by atoms with E-state index in [1.807, 2.05) is 25.1 Å². The quantitative estimate of drug-likeness (QED) is 0.727. The summed E-state index contributed by atoms with van der Waals surface area (Å²) < 4.78 is 0. The molecule has 2 nitrogen and oxygen atoms in total. The van der Waals surface area contributed by atoms with E-state index in [2.05, 4.69) is 5.32 Å². The monoisotopic (exact) mass is 199 g/mol. The molecule has 0 aliphatic heterocycles. The highest BCUT2D eigenvalue weighted by molar-refractivity contribution is 6.23. The van der Waals surface area contributed by atoms with Gasteiger partial charge in [0.2, 0.25) is 0 Å². The largest absolute Gasteiger partial charge is 0.370 e. The van der Waals surface area contributed by atoms with Gasteiger partial charge in [-0.25, -0.2) is 0 Å². The molecule has 0 aliphatic rings. The predicted octanol–water partition coefficient (Wildman–Crippen LogP) is 1.68. The molecule has 0 saturated carbocycles. The summed E-state index contributed by atoms with van der Waals surface area (Å²) in [6.45, 7) is 1.83. The molecular formula is C10H14ClNO. The maximum atomic E-state index is 9.96. The third-order valence-corrected chi connectivity index (χ3v) is 2.73. The molecule has 0 bridgehead atoms. The lowest BCUT2D eigenvalue weighted by Gasteiger charge is -2.27. The molecule has 0 radical (unpaired) electrons. The normalized spacial score (nSPS) is 17.8. The van der Waals surface area contributed by atoms with Crippen molar-refractivity contribution in [3.8, 4) is 0 Å². The Morgan fingerprint density at radius 1 is 1.38 bits per heavy atom. The van der Waals surface area contributed by atoms with Gasteiger partial charge in [0.05, 0.1) is 6.04 Å². The summed E-state index contributed by atoms with van der Waals surface area (Å²) in [5.74, 6) is 0. The minimum Gasteiger partial charge on any atom is -0.370 e. The SMILES string of the molecule is CNC(C)C(O)(Cl)c1ccccc1. The number of rotatable bonds is 3. The number of halogens is 1. The van der Waals surface area contributed by atoms with Crippen molar-refractivity contribution in [1.82, 2.24) is 5.32 Å². The first kappa shape index (κ1) is 10.5. The van der Waals surface area contributed by atoms with E-state index in [0.717, 1.165) is 0 Å². The van der Waals surface area contributed by atoms with Crippen molar-refractivity contribution in [2.75, 3.05) is 7.05 Å². The van der Waals surface area contributed by atoms with Crippen LogP contribution < -0.4 is 5.32 Å². The van der Waals surface area contributed by atoms with Gasteiger partial charge in [0, 0.05) is 5.56 Å². The Labute approximate surface area is 83.5 Å². The first-order valence-corrected chi connectivity index (χ1v) is 4.61. The lowest BCUT2D eigenvalue weighted by atomic mass is 10.0. The molecule has 1 rings (SSSR count). The molecule has 0 heterocycles. The van der Waals surface area contributed by atoms with E-state index in [-0.39, 0.29) is 6.04 Å². The van der Waals surface area contributed by atoms with Crippen LogP contribution in [0.25, 0.3) is 0 Å². The second-order valence-corrected chi connectivity index (χ2v) is 3.63. The Kier molecular flexibility index (Phi) is 3.31. The molecule has 3 heteroatoms. The van der Waals surface area contributed by atoms with Gasteiger partial charge in [-0.2, -0.15) is 0 Å². The van der Waals surface area contributed by atoms with Crippen molar-refractivity contribution < 1.29 is 5.11 Å². The van der Waals surface area contributed by atoms with Crippen LogP contribution in [0.4, 0.5) is 0 Å². The van der Waals surface area contributed by atoms with Crippen molar-refractivity contribution in [3.05, 3.63) is 35.9 Å². The molecule has 72 valence electrons. The first-order valence-electron chi connectivity index (χ1n) is 4.23. The average Bonchev–Trinajstić information content (AvgIpc) is 2.18. The summed E-state index contributed by atoms with van der Waals surface area (Å²) in [4.78, 5) is 0.